The molecule has 12 heteroatoms. The third-order valence-electron chi connectivity index (χ3n) is 12.4. The minimum atomic E-state index is -1.20. The molecule has 0 unspecified atom stereocenters. The molecule has 1 saturated heterocycles. The molecule has 4 saturated carbocycles. The van der Waals surface area contributed by atoms with E-state index in [1.54, 1.807) is 26.3 Å². The average Bonchev–Trinajstić information content (AvgIpc) is 3.50. The van der Waals surface area contributed by atoms with Crippen molar-refractivity contribution >= 4 is 18.2 Å². The van der Waals surface area contributed by atoms with E-state index in [2.05, 4.69) is 17.5 Å². The Morgan fingerprint density at radius 1 is 1.16 bits per heavy atom. The lowest BCUT2D eigenvalue weighted by Crippen LogP contribution is -2.69. The normalized spacial score (nSPS) is 49.5. The van der Waals surface area contributed by atoms with E-state index >= 15 is 0 Å². The van der Waals surface area contributed by atoms with Gasteiger partial charge in [-0.2, -0.15) is 5.10 Å². The number of nitrogens with two attached hydrogens (primary N) is 1. The number of carbonyl (C=O) groups excluding carboxylic acids is 2. The monoisotopic (exact) mass is 605 g/mol. The van der Waals surface area contributed by atoms with Crippen LogP contribution in [0.5, 0.6) is 0 Å². The highest BCUT2D eigenvalue weighted by atomic mass is 16.7. The molecule has 0 aromatic heterocycles. The van der Waals surface area contributed by atoms with Gasteiger partial charge in [-0.05, 0) is 81.6 Å². The third-order valence-corrected chi connectivity index (χ3v) is 12.4. The van der Waals surface area contributed by atoms with Gasteiger partial charge in [0, 0.05) is 43.1 Å². The lowest BCUT2D eigenvalue weighted by Gasteiger charge is -2.66. The number of fused-ring (bicyclic) bond motifs is 5. The van der Waals surface area contributed by atoms with E-state index in [9.17, 15) is 24.9 Å². The molecule has 0 aromatic carbocycles. The van der Waals surface area contributed by atoms with Crippen LogP contribution in [-0.4, -0.2) is 89.2 Å². The summed E-state index contributed by atoms with van der Waals surface area (Å²) in [5, 5.41) is 39.7. The van der Waals surface area contributed by atoms with E-state index in [-0.39, 0.29) is 36.4 Å². The van der Waals surface area contributed by atoms with Gasteiger partial charge >= 0.3 is 12.0 Å². The maximum atomic E-state index is 12.6. The van der Waals surface area contributed by atoms with Gasteiger partial charge in [-0.15, -0.1) is 0 Å². The Labute approximate surface area is 252 Å². The molecule has 12 atom stereocenters. The van der Waals surface area contributed by atoms with Crippen molar-refractivity contribution in [2.75, 3.05) is 13.7 Å². The molecule has 0 bridgehead atoms. The molecule has 2 heterocycles. The molecule has 240 valence electrons. The Morgan fingerprint density at radius 2 is 1.93 bits per heavy atom. The van der Waals surface area contributed by atoms with Gasteiger partial charge in [0.2, 0.25) is 0 Å². The number of ether oxygens (including phenoxy) is 4. The second kappa shape index (κ2) is 11.1. The number of methoxy groups -OCH3 is 1. The fourth-order valence-electron chi connectivity index (χ4n) is 10.2. The zero-order valence-electron chi connectivity index (χ0n) is 25.4. The van der Waals surface area contributed by atoms with Crippen molar-refractivity contribution in [3.05, 3.63) is 11.6 Å². The Bertz CT molecular complexity index is 1180. The van der Waals surface area contributed by atoms with Crippen LogP contribution in [0.25, 0.3) is 0 Å². The van der Waals surface area contributed by atoms with Crippen LogP contribution in [-0.2, 0) is 23.7 Å². The van der Waals surface area contributed by atoms with Crippen LogP contribution >= 0.6 is 0 Å². The Balaban J connectivity index is 1.27. The van der Waals surface area contributed by atoms with Crippen molar-refractivity contribution in [2.45, 2.75) is 120 Å². The van der Waals surface area contributed by atoms with Crippen molar-refractivity contribution in [1.82, 2.24) is 5.43 Å². The number of nitrogens with zero attached hydrogens (tertiary/aromatic N) is 1. The maximum absolute atomic E-state index is 12.6. The first-order valence-electron chi connectivity index (χ1n) is 15.8. The Hall–Kier alpha value is -2.09. The van der Waals surface area contributed by atoms with Gasteiger partial charge in [-0.3, -0.25) is 0 Å². The standard InChI is InChI=1S/C31H47N3O9/c1-17-26(36)23(40-3)13-25(42-17)43-19-4-9-29(16-33-34-27(32)37)21-5-8-28(2)20(18-12-24(35)41-15-18)7-11-31(28,39)22(21)6-10-30(29,38)14-19/h12,16-17,19-23,25-26,36,38-39H,4-11,13-15H2,1-3H3,(H3,32,34,37)/b33-16-/t17-,19-,20+,21+,22+,23+,25+,26-,28-,29+,30+,31+/m1/s1. The van der Waals surface area contributed by atoms with Crippen LogP contribution in [0.3, 0.4) is 0 Å². The lowest BCUT2D eigenvalue weighted by molar-refractivity contribution is -0.284. The van der Waals surface area contributed by atoms with Gasteiger partial charge in [-0.25, -0.2) is 15.0 Å². The van der Waals surface area contributed by atoms with E-state index in [4.69, 9.17) is 24.7 Å². The van der Waals surface area contributed by atoms with Crippen molar-refractivity contribution in [3.8, 4) is 0 Å². The van der Waals surface area contributed by atoms with Crippen molar-refractivity contribution in [3.63, 3.8) is 0 Å². The van der Waals surface area contributed by atoms with Gasteiger partial charge in [0.1, 0.15) is 12.7 Å². The number of aliphatic hydroxyl groups excluding tert-OH is 1. The Morgan fingerprint density at radius 3 is 2.63 bits per heavy atom. The summed E-state index contributed by atoms with van der Waals surface area (Å²) in [6, 6.07) is -0.783. The smallest absolute Gasteiger partial charge is 0.332 e. The first-order chi connectivity index (χ1) is 20.4. The van der Waals surface area contributed by atoms with Gasteiger partial charge in [-0.1, -0.05) is 6.92 Å². The van der Waals surface area contributed by atoms with Gasteiger partial charge in [0.15, 0.2) is 6.29 Å². The SMILES string of the molecule is CO[C@H]1C[C@H](O[C@@H]2CC[C@]3(/C=N\NC(N)=O)[C@H]4CC[C@]5(C)[C@H](C6=CC(=O)OC6)CC[C@]5(O)[C@H]4CC[C@]3(O)C2)O[C@H](C)[C@H]1O. The van der Waals surface area contributed by atoms with Crippen LogP contribution in [0.1, 0.15) is 78.1 Å². The molecular formula is C31H47N3O9. The highest BCUT2D eigenvalue weighted by Gasteiger charge is 2.71. The number of rotatable bonds is 6. The molecule has 43 heavy (non-hydrogen) atoms. The third kappa shape index (κ3) is 4.84. The molecular weight excluding hydrogens is 558 g/mol. The number of esters is 1. The van der Waals surface area contributed by atoms with Crippen molar-refractivity contribution < 1.29 is 43.9 Å². The molecule has 6 aliphatic rings. The number of cyclic esters (lactones) is 1. The van der Waals surface area contributed by atoms with Crippen molar-refractivity contribution in [2.24, 2.45) is 39.4 Å². The predicted octanol–water partition coefficient (Wildman–Crippen LogP) is 1.89. The van der Waals surface area contributed by atoms with Crippen LogP contribution in [0.15, 0.2) is 16.8 Å². The zero-order valence-corrected chi connectivity index (χ0v) is 25.4. The van der Waals surface area contributed by atoms with Gasteiger partial charge in [0.05, 0.1) is 29.5 Å². The molecule has 5 fully saturated rings. The summed E-state index contributed by atoms with van der Waals surface area (Å²) >= 11 is 0. The number of hydrazone groups is 1. The number of carbonyl (C=O) groups is 2. The number of urea groups is 1. The molecule has 0 spiro atoms. The second-order valence-electron chi connectivity index (χ2n) is 14.1. The average molecular weight is 606 g/mol. The summed E-state index contributed by atoms with van der Waals surface area (Å²) in [5.74, 6) is -0.442. The number of hydrogen-bond acceptors (Lipinski definition) is 10. The van der Waals surface area contributed by atoms with E-state index in [1.807, 2.05) is 0 Å². The van der Waals surface area contributed by atoms with E-state index in [1.165, 1.54) is 0 Å². The van der Waals surface area contributed by atoms with Gasteiger partial charge in [0.25, 0.3) is 0 Å². The topological polar surface area (TPSA) is 182 Å². The lowest BCUT2D eigenvalue weighted by atomic mass is 9.41. The molecule has 12 nitrogen and oxygen atoms in total. The summed E-state index contributed by atoms with van der Waals surface area (Å²) in [6.45, 7) is 4.23. The summed E-state index contributed by atoms with van der Waals surface area (Å²) in [7, 11) is 1.56. The maximum Gasteiger partial charge on any atom is 0.332 e. The summed E-state index contributed by atoms with van der Waals surface area (Å²) in [5.41, 5.74) is 5.22. The van der Waals surface area contributed by atoms with Crippen molar-refractivity contribution in [1.29, 1.82) is 0 Å². The van der Waals surface area contributed by atoms with E-state index in [0.29, 0.717) is 44.9 Å². The zero-order chi connectivity index (χ0) is 30.8. The van der Waals surface area contributed by atoms with Crippen LogP contribution < -0.4 is 11.2 Å². The molecule has 0 radical (unpaired) electrons. The van der Waals surface area contributed by atoms with Gasteiger partial charge < -0.3 is 40.0 Å². The summed E-state index contributed by atoms with van der Waals surface area (Å²) < 4.78 is 23.1. The number of aliphatic hydroxyl groups is 3. The highest BCUT2D eigenvalue weighted by Crippen LogP contribution is 2.70. The molecule has 4 aliphatic carbocycles. The molecule has 0 aromatic rings. The summed E-state index contributed by atoms with van der Waals surface area (Å²) in [6.07, 6.45) is 6.66. The molecule has 2 amide bonds. The Kier molecular flexibility index (Phi) is 7.95. The fraction of sp³-hybridized carbons (Fsp3) is 0.839. The number of nitrogens with one attached hydrogen (secondary N) is 1. The van der Waals surface area contributed by atoms with E-state index in [0.717, 1.165) is 24.8 Å². The minimum absolute atomic E-state index is 0.0586. The number of primary amides is 1. The van der Waals surface area contributed by atoms with Crippen LogP contribution in [0, 0.1) is 28.6 Å². The molecule has 2 aliphatic heterocycles. The largest absolute Gasteiger partial charge is 0.458 e. The minimum Gasteiger partial charge on any atom is -0.458 e. The number of hydrogen-bond donors (Lipinski definition) is 5. The fourth-order valence-corrected chi connectivity index (χ4v) is 10.2. The first-order valence-corrected chi connectivity index (χ1v) is 15.8. The predicted molar refractivity (Wildman–Crippen MR) is 153 cm³/mol. The quantitative estimate of drug-likeness (QED) is 0.131. The molecule has 6 N–H and O–H groups in total. The molecule has 6 rings (SSSR count). The van der Waals surface area contributed by atoms with Crippen LogP contribution in [0.4, 0.5) is 4.79 Å². The second-order valence-corrected chi connectivity index (χ2v) is 14.1. The number of amides is 2. The highest BCUT2D eigenvalue weighted by molar-refractivity contribution is 5.85. The first kappa shape index (κ1) is 30.9. The summed E-state index contributed by atoms with van der Waals surface area (Å²) in [4.78, 5) is 23.5. The van der Waals surface area contributed by atoms with Crippen LogP contribution in [0.2, 0.25) is 0 Å². The van der Waals surface area contributed by atoms with E-state index < -0.39 is 52.7 Å².